The van der Waals surface area contributed by atoms with E-state index in [4.69, 9.17) is 9.84 Å². The van der Waals surface area contributed by atoms with Crippen molar-refractivity contribution >= 4 is 11.7 Å². The fourth-order valence-electron chi connectivity index (χ4n) is 1.33. The molecule has 0 saturated carbocycles. The summed E-state index contributed by atoms with van der Waals surface area (Å²) in [6, 6.07) is 4.40. The lowest BCUT2D eigenvalue weighted by molar-refractivity contribution is -0.386. The second-order valence-corrected chi connectivity index (χ2v) is 3.58. The van der Waals surface area contributed by atoms with Crippen LogP contribution in [0.25, 0.3) is 0 Å². The smallest absolute Gasteiger partial charge is 0.344 e. The van der Waals surface area contributed by atoms with Crippen LogP contribution in [0.1, 0.15) is 18.9 Å². The van der Waals surface area contributed by atoms with Gasteiger partial charge in [-0.1, -0.05) is 13.0 Å². The number of ether oxygens (including phenoxy) is 1. The molecule has 0 aliphatic heterocycles. The van der Waals surface area contributed by atoms with Gasteiger partial charge in [0.2, 0.25) is 0 Å². The molecule has 92 valence electrons. The molecule has 1 N–H and O–H groups in total. The Kier molecular flexibility index (Phi) is 4.03. The van der Waals surface area contributed by atoms with Crippen LogP contribution in [-0.4, -0.2) is 22.1 Å². The van der Waals surface area contributed by atoms with Gasteiger partial charge in [0.1, 0.15) is 0 Å². The fraction of sp³-hybridized carbons (Fsp3) is 0.364. The van der Waals surface area contributed by atoms with Crippen LogP contribution < -0.4 is 4.74 Å². The molecule has 0 aromatic heterocycles. The summed E-state index contributed by atoms with van der Waals surface area (Å²) in [7, 11) is 0. The van der Waals surface area contributed by atoms with Gasteiger partial charge in [-0.15, -0.1) is 0 Å². The lowest BCUT2D eigenvalue weighted by Crippen LogP contribution is -2.26. The third kappa shape index (κ3) is 3.17. The number of hydrogen-bond donors (Lipinski definition) is 1. The molecule has 6 nitrogen and oxygen atoms in total. The summed E-state index contributed by atoms with van der Waals surface area (Å²) >= 11 is 0. The maximum atomic E-state index is 10.8. The molecule has 0 radical (unpaired) electrons. The summed E-state index contributed by atoms with van der Waals surface area (Å²) in [5.74, 6) is -1.16. The summed E-state index contributed by atoms with van der Waals surface area (Å²) in [5, 5.41) is 19.6. The number of nitro groups is 1. The molecule has 17 heavy (non-hydrogen) atoms. The summed E-state index contributed by atoms with van der Waals surface area (Å²) in [6.07, 6.45) is -0.836. The Balaban J connectivity index is 3.05. The molecule has 0 aliphatic carbocycles. The molecule has 1 aromatic rings. The monoisotopic (exact) mass is 239 g/mol. The first-order valence-corrected chi connectivity index (χ1v) is 5.10. The van der Waals surface area contributed by atoms with Gasteiger partial charge in [-0.3, -0.25) is 10.1 Å². The minimum atomic E-state index is -1.14. The number of aliphatic carboxylic acids is 1. The van der Waals surface area contributed by atoms with Gasteiger partial charge in [0.05, 0.1) is 4.92 Å². The lowest BCUT2D eigenvalue weighted by Gasteiger charge is -2.13. The van der Waals surface area contributed by atoms with E-state index in [1.54, 1.807) is 19.9 Å². The number of carbonyl (C=O) groups is 1. The van der Waals surface area contributed by atoms with Crippen molar-refractivity contribution in [1.82, 2.24) is 0 Å². The Morgan fingerprint density at radius 3 is 2.71 bits per heavy atom. The van der Waals surface area contributed by atoms with Crippen molar-refractivity contribution in [3.63, 3.8) is 0 Å². The fourth-order valence-corrected chi connectivity index (χ4v) is 1.33. The van der Waals surface area contributed by atoms with Crippen molar-refractivity contribution in [1.29, 1.82) is 0 Å². The average molecular weight is 239 g/mol. The van der Waals surface area contributed by atoms with E-state index < -0.39 is 17.0 Å². The van der Waals surface area contributed by atoms with Gasteiger partial charge in [-0.05, 0) is 25.0 Å². The van der Waals surface area contributed by atoms with Crippen LogP contribution in [0.2, 0.25) is 0 Å². The van der Waals surface area contributed by atoms with E-state index in [-0.39, 0.29) is 17.9 Å². The molecule has 1 rings (SSSR count). The predicted octanol–water partition coefficient (Wildman–Crippen LogP) is 2.15. The van der Waals surface area contributed by atoms with Crippen LogP contribution in [0.5, 0.6) is 5.75 Å². The zero-order valence-corrected chi connectivity index (χ0v) is 9.54. The lowest BCUT2D eigenvalue weighted by atomic mass is 10.2. The molecular weight excluding hydrogens is 226 g/mol. The summed E-state index contributed by atoms with van der Waals surface area (Å²) < 4.78 is 5.13. The van der Waals surface area contributed by atoms with Gasteiger partial charge in [-0.2, -0.15) is 0 Å². The maximum Gasteiger partial charge on any atom is 0.344 e. The summed E-state index contributed by atoms with van der Waals surface area (Å²) in [4.78, 5) is 21.0. The number of benzene rings is 1. The molecule has 0 saturated heterocycles. The van der Waals surface area contributed by atoms with Crippen molar-refractivity contribution < 1.29 is 19.6 Å². The topological polar surface area (TPSA) is 89.7 Å². The minimum absolute atomic E-state index is 0.0187. The quantitative estimate of drug-likeness (QED) is 0.628. The molecule has 0 unspecified atom stereocenters. The number of aryl methyl sites for hydroxylation is 1. The molecule has 0 amide bonds. The van der Waals surface area contributed by atoms with E-state index >= 15 is 0 Å². The molecule has 0 aliphatic rings. The van der Waals surface area contributed by atoms with Crippen molar-refractivity contribution in [2.45, 2.75) is 26.4 Å². The molecular formula is C11H13NO5. The van der Waals surface area contributed by atoms with Crippen LogP contribution in [0.15, 0.2) is 18.2 Å². The largest absolute Gasteiger partial charge is 0.479 e. The van der Waals surface area contributed by atoms with Gasteiger partial charge in [0.15, 0.2) is 11.9 Å². The van der Waals surface area contributed by atoms with Gasteiger partial charge >= 0.3 is 11.7 Å². The second kappa shape index (κ2) is 5.29. The van der Waals surface area contributed by atoms with Gasteiger partial charge < -0.3 is 9.84 Å². The van der Waals surface area contributed by atoms with Crippen molar-refractivity contribution in [3.05, 3.63) is 33.9 Å². The van der Waals surface area contributed by atoms with E-state index in [2.05, 4.69) is 0 Å². The Morgan fingerprint density at radius 1 is 1.59 bits per heavy atom. The molecule has 0 heterocycles. The highest BCUT2D eigenvalue weighted by Crippen LogP contribution is 2.29. The number of nitrogens with zero attached hydrogens (tertiary/aromatic N) is 1. The van der Waals surface area contributed by atoms with Crippen LogP contribution in [0.3, 0.4) is 0 Å². The van der Waals surface area contributed by atoms with E-state index in [0.29, 0.717) is 5.56 Å². The predicted molar refractivity (Wildman–Crippen MR) is 60.2 cm³/mol. The summed E-state index contributed by atoms with van der Waals surface area (Å²) in [6.45, 7) is 3.35. The van der Waals surface area contributed by atoms with Crippen molar-refractivity contribution in [2.75, 3.05) is 0 Å². The number of rotatable bonds is 5. The van der Waals surface area contributed by atoms with Crippen molar-refractivity contribution in [3.8, 4) is 5.75 Å². The molecule has 0 spiro atoms. The van der Waals surface area contributed by atoms with Crippen LogP contribution >= 0.6 is 0 Å². The van der Waals surface area contributed by atoms with E-state index in [0.717, 1.165) is 0 Å². The van der Waals surface area contributed by atoms with E-state index in [1.807, 2.05) is 0 Å². The Bertz CT molecular complexity index is 443. The Morgan fingerprint density at radius 2 is 2.24 bits per heavy atom. The number of hydrogen-bond acceptors (Lipinski definition) is 4. The first-order valence-electron chi connectivity index (χ1n) is 5.10. The van der Waals surface area contributed by atoms with E-state index in [1.165, 1.54) is 12.1 Å². The van der Waals surface area contributed by atoms with E-state index in [9.17, 15) is 14.9 Å². The normalized spacial score (nSPS) is 11.9. The van der Waals surface area contributed by atoms with Gasteiger partial charge in [-0.25, -0.2) is 4.79 Å². The first-order chi connectivity index (χ1) is 7.95. The maximum absolute atomic E-state index is 10.8. The van der Waals surface area contributed by atoms with Crippen molar-refractivity contribution in [2.24, 2.45) is 0 Å². The highest BCUT2D eigenvalue weighted by Gasteiger charge is 2.22. The zero-order chi connectivity index (χ0) is 13.0. The van der Waals surface area contributed by atoms with Gasteiger partial charge in [0.25, 0.3) is 0 Å². The van der Waals surface area contributed by atoms with Crippen LogP contribution in [-0.2, 0) is 4.79 Å². The van der Waals surface area contributed by atoms with Crippen LogP contribution in [0.4, 0.5) is 5.69 Å². The van der Waals surface area contributed by atoms with Gasteiger partial charge in [0, 0.05) is 6.07 Å². The molecule has 1 atom stereocenters. The zero-order valence-electron chi connectivity index (χ0n) is 9.54. The third-order valence-corrected chi connectivity index (χ3v) is 2.23. The standard InChI is InChI=1S/C11H13NO5/c1-3-9(11(13)14)17-10-5-4-7(2)6-8(10)12(15)16/h4-6,9H,3H2,1-2H3,(H,13,14)/t9-/m0/s1. The average Bonchev–Trinajstić information content (AvgIpc) is 2.26. The first kappa shape index (κ1) is 13.0. The second-order valence-electron chi connectivity index (χ2n) is 3.58. The summed E-state index contributed by atoms with van der Waals surface area (Å²) in [5.41, 5.74) is 0.497. The molecule has 0 bridgehead atoms. The number of nitro benzene ring substituents is 1. The molecule has 6 heteroatoms. The number of carboxylic acid groups (broad SMARTS) is 1. The Hall–Kier alpha value is -2.11. The Labute approximate surface area is 98.0 Å². The highest BCUT2D eigenvalue weighted by molar-refractivity contribution is 5.73. The molecule has 1 aromatic carbocycles. The van der Waals surface area contributed by atoms with Crippen LogP contribution in [0, 0.1) is 17.0 Å². The SMILES string of the molecule is CC[C@H](Oc1ccc(C)cc1[N+](=O)[O-])C(=O)O. The molecule has 0 fully saturated rings. The number of carboxylic acids is 1. The highest BCUT2D eigenvalue weighted by atomic mass is 16.6. The minimum Gasteiger partial charge on any atom is -0.479 e. The third-order valence-electron chi connectivity index (χ3n) is 2.23.